The van der Waals surface area contributed by atoms with Crippen molar-refractivity contribution in [2.24, 2.45) is 0 Å². The van der Waals surface area contributed by atoms with Gasteiger partial charge in [0.2, 0.25) is 15.9 Å². The number of hydrogen-bond donors (Lipinski definition) is 1. The van der Waals surface area contributed by atoms with Crippen LogP contribution in [0.15, 0.2) is 29.2 Å². The summed E-state index contributed by atoms with van der Waals surface area (Å²) in [7, 11) is -3.48. The fourth-order valence-electron chi connectivity index (χ4n) is 3.20. The van der Waals surface area contributed by atoms with Crippen LogP contribution in [0.1, 0.15) is 50.9 Å². The second kappa shape index (κ2) is 8.39. The van der Waals surface area contributed by atoms with E-state index in [0.29, 0.717) is 31.7 Å². The van der Waals surface area contributed by atoms with Crippen LogP contribution >= 0.6 is 0 Å². The Labute approximate surface area is 161 Å². The van der Waals surface area contributed by atoms with E-state index < -0.39 is 10.0 Å². The van der Waals surface area contributed by atoms with E-state index >= 15 is 0 Å². The highest BCUT2D eigenvalue weighted by Crippen LogP contribution is 2.21. The summed E-state index contributed by atoms with van der Waals surface area (Å²) in [6.45, 7) is 9.15. The molecule has 0 aromatic heterocycles. The predicted molar refractivity (Wildman–Crippen MR) is 104 cm³/mol. The molecule has 27 heavy (non-hydrogen) atoms. The van der Waals surface area contributed by atoms with Crippen LogP contribution in [-0.2, 0) is 14.8 Å². The Balaban J connectivity index is 1.96. The molecule has 1 aliphatic rings. The molecule has 0 unspecified atom stereocenters. The molecule has 1 aromatic rings. The molecule has 0 saturated carbocycles. The molecule has 7 nitrogen and oxygen atoms in total. The van der Waals surface area contributed by atoms with Gasteiger partial charge in [-0.2, -0.15) is 4.31 Å². The standard InChI is InChI=1S/C19H29N3O4S/c1-15(23)22(19(2,3)4)14-11-20-18(24)16-7-9-17(10-8-16)27(25,26)21-12-5-6-13-21/h7-10H,5-6,11-14H2,1-4H3,(H,20,24). The lowest BCUT2D eigenvalue weighted by Gasteiger charge is -2.35. The second-order valence-corrected chi connectivity index (χ2v) is 9.67. The van der Waals surface area contributed by atoms with E-state index in [1.807, 2.05) is 20.8 Å². The van der Waals surface area contributed by atoms with Crippen LogP contribution in [0.3, 0.4) is 0 Å². The number of nitrogens with one attached hydrogen (secondary N) is 1. The molecule has 0 aliphatic carbocycles. The molecule has 0 radical (unpaired) electrons. The lowest BCUT2D eigenvalue weighted by Crippen LogP contribution is -2.48. The molecule has 1 aromatic carbocycles. The van der Waals surface area contributed by atoms with Crippen molar-refractivity contribution in [3.8, 4) is 0 Å². The Hall–Kier alpha value is -1.93. The van der Waals surface area contributed by atoms with Crippen LogP contribution in [0.4, 0.5) is 0 Å². The summed E-state index contributed by atoms with van der Waals surface area (Å²) >= 11 is 0. The van der Waals surface area contributed by atoms with Crippen LogP contribution in [0.5, 0.6) is 0 Å². The molecule has 2 rings (SSSR count). The van der Waals surface area contributed by atoms with E-state index in [-0.39, 0.29) is 22.2 Å². The second-order valence-electron chi connectivity index (χ2n) is 7.73. The molecule has 1 aliphatic heterocycles. The molecule has 1 fully saturated rings. The van der Waals surface area contributed by atoms with Crippen molar-refractivity contribution in [1.82, 2.24) is 14.5 Å². The lowest BCUT2D eigenvalue weighted by molar-refractivity contribution is -0.133. The van der Waals surface area contributed by atoms with Gasteiger partial charge in [-0.3, -0.25) is 9.59 Å². The third-order valence-electron chi connectivity index (χ3n) is 4.63. The van der Waals surface area contributed by atoms with Gasteiger partial charge < -0.3 is 10.2 Å². The minimum absolute atomic E-state index is 0.0479. The summed E-state index contributed by atoms with van der Waals surface area (Å²) in [6.07, 6.45) is 1.76. The zero-order valence-corrected chi connectivity index (χ0v) is 17.3. The monoisotopic (exact) mass is 395 g/mol. The van der Waals surface area contributed by atoms with Gasteiger partial charge in [-0.1, -0.05) is 0 Å². The zero-order chi connectivity index (χ0) is 20.2. The number of benzene rings is 1. The fourth-order valence-corrected chi connectivity index (χ4v) is 4.72. The smallest absolute Gasteiger partial charge is 0.251 e. The summed E-state index contributed by atoms with van der Waals surface area (Å²) in [5.74, 6) is -0.342. The van der Waals surface area contributed by atoms with Crippen LogP contribution in [0.25, 0.3) is 0 Å². The zero-order valence-electron chi connectivity index (χ0n) is 16.5. The summed E-state index contributed by atoms with van der Waals surface area (Å²) in [5.41, 5.74) is 0.0720. The Morgan fingerprint density at radius 1 is 1.11 bits per heavy atom. The maximum atomic E-state index is 12.5. The number of carbonyl (C=O) groups excluding carboxylic acids is 2. The minimum atomic E-state index is -3.48. The fraction of sp³-hybridized carbons (Fsp3) is 0.579. The van der Waals surface area contributed by atoms with Crippen molar-refractivity contribution in [2.45, 2.75) is 51.0 Å². The number of nitrogens with zero attached hydrogens (tertiary/aromatic N) is 2. The number of rotatable bonds is 6. The van der Waals surface area contributed by atoms with Gasteiger partial charge in [-0.25, -0.2) is 8.42 Å². The van der Waals surface area contributed by atoms with E-state index in [1.165, 1.54) is 35.5 Å². The van der Waals surface area contributed by atoms with E-state index in [0.717, 1.165) is 12.8 Å². The Morgan fingerprint density at radius 2 is 1.67 bits per heavy atom. The normalized spacial score (nSPS) is 15.6. The van der Waals surface area contributed by atoms with Gasteiger partial charge in [-0.15, -0.1) is 0 Å². The van der Waals surface area contributed by atoms with Crippen molar-refractivity contribution < 1.29 is 18.0 Å². The lowest BCUT2D eigenvalue weighted by atomic mass is 10.1. The average molecular weight is 396 g/mol. The third kappa shape index (κ3) is 5.29. The molecule has 1 heterocycles. The van der Waals surface area contributed by atoms with E-state index in [4.69, 9.17) is 0 Å². The molecule has 1 N–H and O–H groups in total. The molecule has 0 spiro atoms. The summed E-state index contributed by atoms with van der Waals surface area (Å²) in [4.78, 5) is 25.9. The topological polar surface area (TPSA) is 86.8 Å². The van der Waals surface area contributed by atoms with Crippen molar-refractivity contribution in [3.05, 3.63) is 29.8 Å². The molecular formula is C19H29N3O4S. The molecule has 1 saturated heterocycles. The average Bonchev–Trinajstić information content (AvgIpc) is 3.12. The molecule has 2 amide bonds. The maximum absolute atomic E-state index is 12.5. The molecule has 8 heteroatoms. The first-order valence-electron chi connectivity index (χ1n) is 9.20. The summed E-state index contributed by atoms with van der Waals surface area (Å²) in [6, 6.07) is 5.98. The van der Waals surface area contributed by atoms with Crippen molar-refractivity contribution in [1.29, 1.82) is 0 Å². The maximum Gasteiger partial charge on any atom is 0.251 e. The van der Waals surface area contributed by atoms with Gasteiger partial charge in [-0.05, 0) is 57.9 Å². The first kappa shape index (κ1) is 21.4. The highest BCUT2D eigenvalue weighted by Gasteiger charge is 2.27. The molecule has 0 bridgehead atoms. The van der Waals surface area contributed by atoms with Crippen LogP contribution in [0, 0.1) is 0 Å². The SMILES string of the molecule is CC(=O)N(CCNC(=O)c1ccc(S(=O)(=O)N2CCCC2)cc1)C(C)(C)C. The van der Waals surface area contributed by atoms with E-state index in [2.05, 4.69) is 5.32 Å². The van der Waals surface area contributed by atoms with Crippen molar-refractivity contribution >= 4 is 21.8 Å². The summed E-state index contributed by atoms with van der Waals surface area (Å²) in [5, 5.41) is 2.78. The van der Waals surface area contributed by atoms with Crippen molar-refractivity contribution in [2.75, 3.05) is 26.2 Å². The number of hydrogen-bond acceptors (Lipinski definition) is 4. The van der Waals surface area contributed by atoms with Crippen LogP contribution < -0.4 is 5.32 Å². The van der Waals surface area contributed by atoms with Gasteiger partial charge in [0, 0.05) is 44.2 Å². The third-order valence-corrected chi connectivity index (χ3v) is 6.54. The minimum Gasteiger partial charge on any atom is -0.350 e. The Kier molecular flexibility index (Phi) is 6.64. The van der Waals surface area contributed by atoms with Gasteiger partial charge >= 0.3 is 0 Å². The van der Waals surface area contributed by atoms with Crippen molar-refractivity contribution in [3.63, 3.8) is 0 Å². The number of sulfonamides is 1. The van der Waals surface area contributed by atoms with Gasteiger partial charge in [0.1, 0.15) is 0 Å². The van der Waals surface area contributed by atoms with Crippen LogP contribution in [0.2, 0.25) is 0 Å². The summed E-state index contributed by atoms with van der Waals surface area (Å²) < 4.78 is 26.5. The number of carbonyl (C=O) groups is 2. The Morgan fingerprint density at radius 3 is 2.15 bits per heavy atom. The van der Waals surface area contributed by atoms with Gasteiger partial charge in [0.25, 0.3) is 5.91 Å². The molecule has 0 atom stereocenters. The molecular weight excluding hydrogens is 366 g/mol. The molecule has 150 valence electrons. The highest BCUT2D eigenvalue weighted by molar-refractivity contribution is 7.89. The Bertz CT molecular complexity index is 776. The number of amides is 2. The van der Waals surface area contributed by atoms with Crippen LogP contribution in [-0.4, -0.2) is 61.2 Å². The van der Waals surface area contributed by atoms with E-state index in [9.17, 15) is 18.0 Å². The highest BCUT2D eigenvalue weighted by atomic mass is 32.2. The first-order chi connectivity index (χ1) is 12.5. The predicted octanol–water partition coefficient (Wildman–Crippen LogP) is 1.85. The van der Waals surface area contributed by atoms with E-state index in [1.54, 1.807) is 4.90 Å². The largest absolute Gasteiger partial charge is 0.350 e. The van der Waals surface area contributed by atoms with Gasteiger partial charge in [0.05, 0.1) is 4.90 Å². The van der Waals surface area contributed by atoms with Gasteiger partial charge in [0.15, 0.2) is 0 Å². The quantitative estimate of drug-likeness (QED) is 0.796. The first-order valence-corrected chi connectivity index (χ1v) is 10.6.